The van der Waals surface area contributed by atoms with E-state index in [2.05, 4.69) is 41.5 Å². The van der Waals surface area contributed by atoms with Crippen LogP contribution in [0.1, 0.15) is 67.2 Å². The van der Waals surface area contributed by atoms with Gasteiger partial charge in [0.05, 0.1) is 0 Å². The highest BCUT2D eigenvalue weighted by atomic mass is 14.5. The molecule has 0 heteroatoms. The SMILES string of the molecule is CCCC(C)=C1C(C)C1C(C)C(C)CCC. The van der Waals surface area contributed by atoms with Crippen molar-refractivity contribution in [2.45, 2.75) is 67.2 Å². The molecule has 1 aliphatic carbocycles. The standard InChI is InChI=1S/C16H30/c1-7-9-11(3)13(5)16-14(6)15(16)12(4)10-8-2/h11,13-14,16H,7-10H2,1-6H3. The second kappa shape index (κ2) is 5.89. The average Bonchev–Trinajstić information content (AvgIpc) is 2.89. The van der Waals surface area contributed by atoms with Crippen LogP contribution in [0.25, 0.3) is 0 Å². The Bertz CT molecular complexity index is 249. The van der Waals surface area contributed by atoms with E-state index < -0.39 is 0 Å². The van der Waals surface area contributed by atoms with Gasteiger partial charge in [-0.15, -0.1) is 0 Å². The molecule has 0 aromatic carbocycles. The molecule has 0 bridgehead atoms. The molecule has 0 aliphatic heterocycles. The minimum atomic E-state index is 0.876. The van der Waals surface area contributed by atoms with Crippen LogP contribution in [0, 0.1) is 23.7 Å². The Balaban J connectivity index is 2.60. The third-order valence-corrected chi connectivity index (χ3v) is 4.61. The number of hydrogen-bond acceptors (Lipinski definition) is 0. The summed E-state index contributed by atoms with van der Waals surface area (Å²) in [5.74, 6) is 3.56. The van der Waals surface area contributed by atoms with Crippen molar-refractivity contribution in [3.05, 3.63) is 11.1 Å². The molecule has 0 aromatic rings. The van der Waals surface area contributed by atoms with Gasteiger partial charge in [0.15, 0.2) is 0 Å². The van der Waals surface area contributed by atoms with Gasteiger partial charge in [0.2, 0.25) is 0 Å². The molecule has 1 fully saturated rings. The van der Waals surface area contributed by atoms with Crippen LogP contribution in [0.4, 0.5) is 0 Å². The molecule has 0 aromatic heterocycles. The summed E-state index contributed by atoms with van der Waals surface area (Å²) in [7, 11) is 0. The monoisotopic (exact) mass is 222 g/mol. The first kappa shape index (κ1) is 13.8. The first-order valence-corrected chi connectivity index (χ1v) is 7.24. The lowest BCUT2D eigenvalue weighted by Crippen LogP contribution is -2.10. The Hall–Kier alpha value is -0.260. The Morgan fingerprint density at radius 1 is 1.19 bits per heavy atom. The Labute approximate surface area is 103 Å². The minimum Gasteiger partial charge on any atom is -0.0735 e. The van der Waals surface area contributed by atoms with Crippen molar-refractivity contribution >= 4 is 0 Å². The first-order valence-electron chi connectivity index (χ1n) is 7.24. The van der Waals surface area contributed by atoms with Gasteiger partial charge in [0.1, 0.15) is 0 Å². The van der Waals surface area contributed by atoms with Crippen LogP contribution < -0.4 is 0 Å². The first-order chi connectivity index (χ1) is 7.54. The van der Waals surface area contributed by atoms with Gasteiger partial charge in [0, 0.05) is 0 Å². The molecule has 4 unspecified atom stereocenters. The lowest BCUT2D eigenvalue weighted by Gasteiger charge is -2.19. The fraction of sp³-hybridized carbons (Fsp3) is 0.875. The number of allylic oxidation sites excluding steroid dienone is 2. The summed E-state index contributed by atoms with van der Waals surface area (Å²) in [4.78, 5) is 0. The van der Waals surface area contributed by atoms with Crippen molar-refractivity contribution in [2.24, 2.45) is 23.7 Å². The van der Waals surface area contributed by atoms with Crippen LogP contribution in [-0.2, 0) is 0 Å². The summed E-state index contributed by atoms with van der Waals surface area (Å²) in [6, 6.07) is 0. The van der Waals surface area contributed by atoms with Crippen molar-refractivity contribution < 1.29 is 0 Å². The topological polar surface area (TPSA) is 0 Å². The van der Waals surface area contributed by atoms with Gasteiger partial charge in [-0.1, -0.05) is 65.0 Å². The third kappa shape index (κ3) is 2.90. The molecule has 0 N–H and O–H groups in total. The van der Waals surface area contributed by atoms with E-state index in [0.29, 0.717) is 0 Å². The second-order valence-corrected chi connectivity index (χ2v) is 5.93. The zero-order valence-electron chi connectivity index (χ0n) is 12.1. The van der Waals surface area contributed by atoms with Crippen LogP contribution in [0.3, 0.4) is 0 Å². The smallest absolute Gasteiger partial charge is 0.0106 e. The number of hydrogen-bond donors (Lipinski definition) is 0. The van der Waals surface area contributed by atoms with Gasteiger partial charge in [-0.05, 0) is 37.0 Å². The fourth-order valence-electron chi connectivity index (χ4n) is 3.42. The zero-order chi connectivity index (χ0) is 12.3. The summed E-state index contributed by atoms with van der Waals surface area (Å²) in [5, 5.41) is 0. The van der Waals surface area contributed by atoms with E-state index in [0.717, 1.165) is 23.7 Å². The van der Waals surface area contributed by atoms with Crippen molar-refractivity contribution in [2.75, 3.05) is 0 Å². The predicted molar refractivity (Wildman–Crippen MR) is 73.5 cm³/mol. The van der Waals surface area contributed by atoms with Crippen LogP contribution >= 0.6 is 0 Å². The Morgan fingerprint density at radius 3 is 2.31 bits per heavy atom. The fourth-order valence-corrected chi connectivity index (χ4v) is 3.42. The van der Waals surface area contributed by atoms with Crippen molar-refractivity contribution in [1.29, 1.82) is 0 Å². The van der Waals surface area contributed by atoms with Gasteiger partial charge in [-0.3, -0.25) is 0 Å². The van der Waals surface area contributed by atoms with E-state index in [4.69, 9.17) is 0 Å². The van der Waals surface area contributed by atoms with Gasteiger partial charge in [-0.25, -0.2) is 0 Å². The average molecular weight is 222 g/mol. The molecule has 0 heterocycles. The predicted octanol–water partition coefficient (Wildman–Crippen LogP) is 5.44. The maximum atomic E-state index is 2.47. The molecule has 16 heavy (non-hydrogen) atoms. The quantitative estimate of drug-likeness (QED) is 0.525. The normalized spacial score (nSPS) is 31.1. The van der Waals surface area contributed by atoms with E-state index in [1.807, 2.05) is 0 Å². The molecule has 1 aliphatic rings. The van der Waals surface area contributed by atoms with Crippen LogP contribution in [-0.4, -0.2) is 0 Å². The van der Waals surface area contributed by atoms with Crippen LogP contribution in [0.15, 0.2) is 11.1 Å². The van der Waals surface area contributed by atoms with Crippen LogP contribution in [0.2, 0.25) is 0 Å². The molecule has 0 nitrogen and oxygen atoms in total. The Kier molecular flexibility index (Phi) is 5.08. The lowest BCUT2D eigenvalue weighted by molar-refractivity contribution is 0.319. The van der Waals surface area contributed by atoms with Crippen molar-refractivity contribution in [1.82, 2.24) is 0 Å². The summed E-state index contributed by atoms with van der Waals surface area (Å²) in [6.07, 6.45) is 5.34. The van der Waals surface area contributed by atoms with E-state index in [1.165, 1.54) is 25.7 Å². The van der Waals surface area contributed by atoms with Crippen molar-refractivity contribution in [3.63, 3.8) is 0 Å². The van der Waals surface area contributed by atoms with E-state index in [-0.39, 0.29) is 0 Å². The molecule has 0 saturated heterocycles. The van der Waals surface area contributed by atoms with E-state index in [9.17, 15) is 0 Å². The van der Waals surface area contributed by atoms with Gasteiger partial charge >= 0.3 is 0 Å². The molecule has 0 radical (unpaired) electrons. The molecular weight excluding hydrogens is 192 g/mol. The minimum absolute atomic E-state index is 0.876. The maximum absolute atomic E-state index is 2.47. The number of rotatable bonds is 6. The molecular formula is C16H30. The maximum Gasteiger partial charge on any atom is -0.0106 e. The lowest BCUT2D eigenvalue weighted by atomic mass is 9.87. The van der Waals surface area contributed by atoms with Gasteiger partial charge in [0.25, 0.3) is 0 Å². The highest BCUT2D eigenvalue weighted by Crippen LogP contribution is 2.54. The summed E-state index contributed by atoms with van der Waals surface area (Å²) in [6.45, 7) is 14.3. The highest BCUT2D eigenvalue weighted by molar-refractivity contribution is 5.34. The third-order valence-electron chi connectivity index (χ3n) is 4.61. The molecule has 1 saturated carbocycles. The van der Waals surface area contributed by atoms with Crippen LogP contribution in [0.5, 0.6) is 0 Å². The van der Waals surface area contributed by atoms with Crippen molar-refractivity contribution in [3.8, 4) is 0 Å². The van der Waals surface area contributed by atoms with E-state index >= 15 is 0 Å². The summed E-state index contributed by atoms with van der Waals surface area (Å²) < 4.78 is 0. The molecule has 94 valence electrons. The summed E-state index contributed by atoms with van der Waals surface area (Å²) in [5.41, 5.74) is 3.49. The Morgan fingerprint density at radius 2 is 1.81 bits per heavy atom. The summed E-state index contributed by atoms with van der Waals surface area (Å²) >= 11 is 0. The van der Waals surface area contributed by atoms with Gasteiger partial charge < -0.3 is 0 Å². The largest absolute Gasteiger partial charge is 0.0735 e. The molecule has 4 atom stereocenters. The molecule has 0 amide bonds. The molecule has 0 spiro atoms. The van der Waals surface area contributed by atoms with Gasteiger partial charge in [-0.2, -0.15) is 0 Å². The second-order valence-electron chi connectivity index (χ2n) is 5.93. The molecule has 1 rings (SSSR count). The highest BCUT2D eigenvalue weighted by Gasteiger charge is 2.45. The van der Waals surface area contributed by atoms with E-state index in [1.54, 1.807) is 11.1 Å². The zero-order valence-corrected chi connectivity index (χ0v) is 12.1.